The Morgan fingerprint density at radius 2 is 1.35 bits per heavy atom. The molecular weight excluding hydrogens is 298 g/mol. The number of carbonyl (C=O) groups is 2. The van der Waals surface area contributed by atoms with E-state index >= 15 is 0 Å². The van der Waals surface area contributed by atoms with Crippen molar-refractivity contribution in [1.29, 1.82) is 0 Å². The number of nitrogens with zero attached hydrogens (tertiary/aromatic N) is 1. The summed E-state index contributed by atoms with van der Waals surface area (Å²) in [6.07, 6.45) is 5.32. The summed E-state index contributed by atoms with van der Waals surface area (Å²) < 4.78 is 0. The highest BCUT2D eigenvalue weighted by Gasteiger charge is 2.10. The van der Waals surface area contributed by atoms with Crippen LogP contribution in [0.15, 0.2) is 0 Å². The van der Waals surface area contributed by atoms with Crippen LogP contribution in [0, 0.1) is 0 Å². The minimum atomic E-state index is -0.0812. The van der Waals surface area contributed by atoms with Gasteiger partial charge in [0, 0.05) is 39.0 Å². The van der Waals surface area contributed by atoms with Gasteiger partial charge in [0.15, 0.2) is 0 Å². The highest BCUT2D eigenvalue weighted by Crippen LogP contribution is 2.03. The normalized spacial score (nSPS) is 10.8. The van der Waals surface area contributed by atoms with E-state index in [1.165, 1.54) is 12.8 Å². The smallest absolute Gasteiger partial charge is 0.221 e. The zero-order chi connectivity index (χ0) is 17.3. The van der Waals surface area contributed by atoms with Gasteiger partial charge in [-0.25, -0.2) is 0 Å². The van der Waals surface area contributed by atoms with Crippen molar-refractivity contribution >= 4 is 11.8 Å². The number of rotatable bonds is 15. The third-order valence-corrected chi connectivity index (χ3v) is 3.51. The highest BCUT2D eigenvalue weighted by molar-refractivity contribution is 5.76. The second-order valence-electron chi connectivity index (χ2n) is 5.55. The van der Waals surface area contributed by atoms with Gasteiger partial charge in [0.2, 0.25) is 11.8 Å². The Hall–Kier alpha value is -1.18. The number of hydrogen-bond donors (Lipinski definition) is 4. The van der Waals surface area contributed by atoms with Crippen LogP contribution < -0.4 is 10.6 Å². The summed E-state index contributed by atoms with van der Waals surface area (Å²) in [6.45, 7) is 4.69. The van der Waals surface area contributed by atoms with Gasteiger partial charge in [-0.2, -0.15) is 0 Å². The number of aliphatic hydroxyl groups excluding tert-OH is 2. The average Bonchev–Trinajstić information content (AvgIpc) is 2.56. The second kappa shape index (κ2) is 15.7. The molecule has 4 N–H and O–H groups in total. The lowest BCUT2D eigenvalue weighted by molar-refractivity contribution is -0.121. The molecule has 0 aromatic rings. The molecule has 2 amide bonds. The second-order valence-corrected chi connectivity index (χ2v) is 5.55. The van der Waals surface area contributed by atoms with Gasteiger partial charge < -0.3 is 25.7 Å². The maximum Gasteiger partial charge on any atom is 0.221 e. The molecular formula is C16H33N3O4. The van der Waals surface area contributed by atoms with E-state index in [1.807, 2.05) is 0 Å². The summed E-state index contributed by atoms with van der Waals surface area (Å²) in [5.41, 5.74) is 0. The van der Waals surface area contributed by atoms with Crippen LogP contribution in [-0.4, -0.2) is 72.9 Å². The molecule has 7 nitrogen and oxygen atoms in total. The fraction of sp³-hybridized carbons (Fsp3) is 0.875. The summed E-state index contributed by atoms with van der Waals surface area (Å²) in [7, 11) is 0. The van der Waals surface area contributed by atoms with Gasteiger partial charge in [-0.05, 0) is 13.0 Å². The Balaban J connectivity index is 4.10. The molecule has 0 aliphatic heterocycles. The SMILES string of the molecule is CCCCCCN(CCC(=O)NCCO)CCC(=O)NCCO. The number of carbonyl (C=O) groups excluding carboxylic acids is 2. The summed E-state index contributed by atoms with van der Waals surface area (Å²) in [4.78, 5) is 25.3. The quantitative estimate of drug-likeness (QED) is 0.313. The van der Waals surface area contributed by atoms with E-state index < -0.39 is 0 Å². The van der Waals surface area contributed by atoms with Crippen molar-refractivity contribution in [2.24, 2.45) is 0 Å². The molecule has 0 aliphatic carbocycles. The number of nitrogens with one attached hydrogen (secondary N) is 2. The first-order valence-electron chi connectivity index (χ1n) is 8.61. The number of unbranched alkanes of at least 4 members (excludes halogenated alkanes) is 3. The summed E-state index contributed by atoms with van der Waals surface area (Å²) in [5, 5.41) is 22.6. The van der Waals surface area contributed by atoms with Gasteiger partial charge in [-0.3, -0.25) is 9.59 Å². The molecule has 7 heteroatoms. The van der Waals surface area contributed by atoms with E-state index in [-0.39, 0.29) is 38.1 Å². The molecule has 0 fully saturated rings. The lowest BCUT2D eigenvalue weighted by Crippen LogP contribution is -2.35. The topological polar surface area (TPSA) is 102 Å². The summed E-state index contributed by atoms with van der Waals surface area (Å²) in [5.74, 6) is -0.162. The first-order chi connectivity index (χ1) is 11.1. The summed E-state index contributed by atoms with van der Waals surface area (Å²) >= 11 is 0. The first-order valence-corrected chi connectivity index (χ1v) is 8.61. The monoisotopic (exact) mass is 331 g/mol. The molecule has 0 heterocycles. The third kappa shape index (κ3) is 14.2. The Labute approximate surface area is 139 Å². The highest BCUT2D eigenvalue weighted by atomic mass is 16.3. The van der Waals surface area contributed by atoms with Crippen molar-refractivity contribution in [3.05, 3.63) is 0 Å². The lowest BCUT2D eigenvalue weighted by Gasteiger charge is -2.22. The number of hydrogen-bond acceptors (Lipinski definition) is 5. The van der Waals surface area contributed by atoms with Crippen LogP contribution >= 0.6 is 0 Å². The maximum atomic E-state index is 11.6. The van der Waals surface area contributed by atoms with Crippen LogP contribution in [0.2, 0.25) is 0 Å². The van der Waals surface area contributed by atoms with Gasteiger partial charge >= 0.3 is 0 Å². The van der Waals surface area contributed by atoms with Crippen LogP contribution in [0.5, 0.6) is 0 Å². The van der Waals surface area contributed by atoms with Gasteiger partial charge in [-0.15, -0.1) is 0 Å². The fourth-order valence-corrected chi connectivity index (χ4v) is 2.18. The predicted octanol–water partition coefficient (Wildman–Crippen LogP) is -0.134. The van der Waals surface area contributed by atoms with Crippen molar-refractivity contribution in [2.75, 3.05) is 45.9 Å². The third-order valence-electron chi connectivity index (χ3n) is 3.51. The van der Waals surface area contributed by atoms with Crippen LogP contribution in [-0.2, 0) is 9.59 Å². The Kier molecular flexibility index (Phi) is 14.9. The van der Waals surface area contributed by atoms with Gasteiger partial charge in [0.05, 0.1) is 13.2 Å². The van der Waals surface area contributed by atoms with Gasteiger partial charge in [0.1, 0.15) is 0 Å². The average molecular weight is 331 g/mol. The molecule has 0 saturated heterocycles. The molecule has 0 saturated carbocycles. The fourth-order valence-electron chi connectivity index (χ4n) is 2.18. The Morgan fingerprint density at radius 1 is 0.826 bits per heavy atom. The number of amides is 2. The van der Waals surface area contributed by atoms with Crippen LogP contribution in [0.25, 0.3) is 0 Å². The molecule has 0 aromatic carbocycles. The van der Waals surface area contributed by atoms with Crippen molar-refractivity contribution in [1.82, 2.24) is 15.5 Å². The van der Waals surface area contributed by atoms with E-state index in [2.05, 4.69) is 22.5 Å². The molecule has 0 aromatic heterocycles. The molecule has 0 bridgehead atoms. The Bertz CT molecular complexity index is 290. The molecule has 0 atom stereocenters. The molecule has 0 unspecified atom stereocenters. The van der Waals surface area contributed by atoms with E-state index in [0.29, 0.717) is 25.9 Å². The molecule has 136 valence electrons. The van der Waals surface area contributed by atoms with Crippen molar-refractivity contribution < 1.29 is 19.8 Å². The van der Waals surface area contributed by atoms with Crippen molar-refractivity contribution in [2.45, 2.75) is 45.4 Å². The van der Waals surface area contributed by atoms with Crippen molar-refractivity contribution in [3.8, 4) is 0 Å². The van der Waals surface area contributed by atoms with Gasteiger partial charge in [0.25, 0.3) is 0 Å². The van der Waals surface area contributed by atoms with E-state index in [9.17, 15) is 9.59 Å². The minimum Gasteiger partial charge on any atom is -0.395 e. The van der Waals surface area contributed by atoms with E-state index in [1.54, 1.807) is 0 Å². The zero-order valence-electron chi connectivity index (χ0n) is 14.4. The van der Waals surface area contributed by atoms with E-state index in [0.717, 1.165) is 19.4 Å². The van der Waals surface area contributed by atoms with Crippen LogP contribution in [0.4, 0.5) is 0 Å². The summed E-state index contributed by atoms with van der Waals surface area (Å²) in [6, 6.07) is 0. The first kappa shape index (κ1) is 21.8. The van der Waals surface area contributed by atoms with Crippen LogP contribution in [0.1, 0.15) is 45.4 Å². The molecule has 0 rings (SSSR count). The van der Waals surface area contributed by atoms with Crippen LogP contribution in [0.3, 0.4) is 0 Å². The maximum absolute atomic E-state index is 11.6. The lowest BCUT2D eigenvalue weighted by atomic mass is 10.2. The number of aliphatic hydroxyl groups is 2. The molecule has 0 radical (unpaired) electrons. The minimum absolute atomic E-state index is 0.0580. The van der Waals surface area contributed by atoms with Gasteiger partial charge in [-0.1, -0.05) is 26.2 Å². The van der Waals surface area contributed by atoms with Crippen molar-refractivity contribution in [3.63, 3.8) is 0 Å². The zero-order valence-corrected chi connectivity index (χ0v) is 14.4. The standard InChI is InChI=1S/C16H33N3O4/c1-2-3-4-5-10-19(11-6-15(22)17-8-13-20)12-7-16(23)18-9-14-21/h20-21H,2-14H2,1H3,(H,17,22)(H,18,23). The van der Waals surface area contributed by atoms with E-state index in [4.69, 9.17) is 10.2 Å². The Morgan fingerprint density at radius 3 is 1.78 bits per heavy atom. The molecule has 23 heavy (non-hydrogen) atoms. The molecule has 0 spiro atoms. The largest absolute Gasteiger partial charge is 0.395 e. The molecule has 0 aliphatic rings. The predicted molar refractivity (Wildman–Crippen MR) is 90.0 cm³/mol.